The molecule has 0 unspecified atom stereocenters. The number of anilines is 2. The Balaban J connectivity index is 2.12. The first-order valence-electron chi connectivity index (χ1n) is 6.98. The summed E-state index contributed by atoms with van der Waals surface area (Å²) in [5, 5.41) is 3.26. The van der Waals surface area contributed by atoms with Gasteiger partial charge in [0.1, 0.15) is 5.82 Å². The molecule has 1 aromatic heterocycles. The lowest BCUT2D eigenvalue weighted by molar-refractivity contribution is 0.801. The molecule has 106 valence electrons. The van der Waals surface area contributed by atoms with Gasteiger partial charge in [-0.25, -0.2) is 0 Å². The van der Waals surface area contributed by atoms with Crippen LogP contribution in [0.1, 0.15) is 25.2 Å². The second-order valence-corrected chi connectivity index (χ2v) is 4.52. The van der Waals surface area contributed by atoms with E-state index in [0.29, 0.717) is 12.5 Å². The summed E-state index contributed by atoms with van der Waals surface area (Å²) in [6, 6.07) is 10.2. The number of nitrogens with one attached hydrogen (secondary N) is 1. The van der Waals surface area contributed by atoms with E-state index in [1.807, 2.05) is 25.1 Å². The monoisotopic (exact) mass is 271 g/mol. The minimum Gasteiger partial charge on any atom is -0.350 e. The van der Waals surface area contributed by atoms with Crippen molar-refractivity contribution in [2.75, 3.05) is 23.3 Å². The van der Waals surface area contributed by atoms with Crippen LogP contribution >= 0.6 is 0 Å². The molecule has 0 aliphatic carbocycles. The highest BCUT2D eigenvalue weighted by Crippen LogP contribution is 2.11. The van der Waals surface area contributed by atoms with Gasteiger partial charge in [0, 0.05) is 19.6 Å². The summed E-state index contributed by atoms with van der Waals surface area (Å²) < 4.78 is 0. The Bertz CT molecular complexity index is 537. The molecule has 0 fully saturated rings. The average molecular weight is 271 g/mol. The Morgan fingerprint density at radius 3 is 2.35 bits per heavy atom. The van der Waals surface area contributed by atoms with Crippen LogP contribution in [0, 0.1) is 6.92 Å². The number of hydrogen-bond acceptors (Lipinski definition) is 5. The standard InChI is InChI=1S/C15H21N5/c1-4-20(5-2)15-18-12(3)17-14(19-15)16-11-13-9-7-6-8-10-13/h6-10H,4-5,11H2,1-3H3,(H,16,17,18,19). The maximum atomic E-state index is 4.48. The van der Waals surface area contributed by atoms with Gasteiger partial charge in [-0.1, -0.05) is 30.3 Å². The highest BCUT2D eigenvalue weighted by atomic mass is 15.3. The van der Waals surface area contributed by atoms with Crippen LogP contribution in [-0.4, -0.2) is 28.0 Å². The van der Waals surface area contributed by atoms with E-state index in [4.69, 9.17) is 0 Å². The maximum Gasteiger partial charge on any atom is 0.230 e. The minimum absolute atomic E-state index is 0.628. The van der Waals surface area contributed by atoms with Crippen molar-refractivity contribution in [3.63, 3.8) is 0 Å². The van der Waals surface area contributed by atoms with E-state index in [0.717, 1.165) is 24.9 Å². The molecule has 20 heavy (non-hydrogen) atoms. The van der Waals surface area contributed by atoms with Crippen LogP contribution in [0.25, 0.3) is 0 Å². The van der Waals surface area contributed by atoms with Crippen LogP contribution in [0.15, 0.2) is 30.3 Å². The third kappa shape index (κ3) is 3.66. The molecular weight excluding hydrogens is 250 g/mol. The van der Waals surface area contributed by atoms with Gasteiger partial charge in [0.05, 0.1) is 0 Å². The van der Waals surface area contributed by atoms with Gasteiger partial charge >= 0.3 is 0 Å². The maximum absolute atomic E-state index is 4.48. The summed E-state index contributed by atoms with van der Waals surface area (Å²) in [5.41, 5.74) is 1.20. The van der Waals surface area contributed by atoms with Crippen molar-refractivity contribution >= 4 is 11.9 Å². The van der Waals surface area contributed by atoms with Crippen LogP contribution in [-0.2, 0) is 6.54 Å². The fraction of sp³-hybridized carbons (Fsp3) is 0.400. The molecule has 5 nitrogen and oxygen atoms in total. The zero-order chi connectivity index (χ0) is 14.4. The summed E-state index contributed by atoms with van der Waals surface area (Å²) in [4.78, 5) is 15.3. The first-order valence-corrected chi connectivity index (χ1v) is 6.98. The fourth-order valence-corrected chi connectivity index (χ4v) is 1.97. The summed E-state index contributed by atoms with van der Waals surface area (Å²) >= 11 is 0. The largest absolute Gasteiger partial charge is 0.350 e. The molecule has 1 heterocycles. The molecule has 0 aliphatic heterocycles. The van der Waals surface area contributed by atoms with Crippen molar-refractivity contribution < 1.29 is 0 Å². The summed E-state index contributed by atoms with van der Waals surface area (Å²) in [7, 11) is 0. The Labute approximate surface area is 120 Å². The zero-order valence-electron chi connectivity index (χ0n) is 12.3. The SMILES string of the molecule is CCN(CC)c1nc(C)nc(NCc2ccccc2)n1. The first-order chi connectivity index (χ1) is 9.72. The van der Waals surface area contributed by atoms with Gasteiger partial charge in [-0.3, -0.25) is 0 Å². The van der Waals surface area contributed by atoms with Crippen molar-refractivity contribution in [2.45, 2.75) is 27.3 Å². The molecule has 1 N–H and O–H groups in total. The number of aromatic nitrogens is 3. The van der Waals surface area contributed by atoms with E-state index in [2.05, 4.69) is 51.1 Å². The van der Waals surface area contributed by atoms with Crippen molar-refractivity contribution in [3.8, 4) is 0 Å². The number of rotatable bonds is 6. The number of benzene rings is 1. The fourth-order valence-electron chi connectivity index (χ4n) is 1.97. The van der Waals surface area contributed by atoms with Gasteiger partial charge in [0.25, 0.3) is 0 Å². The lowest BCUT2D eigenvalue weighted by Gasteiger charge is -2.19. The third-order valence-corrected chi connectivity index (χ3v) is 3.08. The van der Waals surface area contributed by atoms with Crippen LogP contribution in [0.3, 0.4) is 0 Å². The predicted molar refractivity (Wildman–Crippen MR) is 81.9 cm³/mol. The van der Waals surface area contributed by atoms with E-state index in [1.54, 1.807) is 0 Å². The number of nitrogens with zero attached hydrogens (tertiary/aromatic N) is 4. The second kappa shape index (κ2) is 6.84. The zero-order valence-corrected chi connectivity index (χ0v) is 12.3. The van der Waals surface area contributed by atoms with Gasteiger partial charge in [-0.15, -0.1) is 0 Å². The molecule has 0 amide bonds. The first kappa shape index (κ1) is 14.2. The van der Waals surface area contributed by atoms with Gasteiger partial charge in [0.2, 0.25) is 11.9 Å². The highest BCUT2D eigenvalue weighted by Gasteiger charge is 2.08. The van der Waals surface area contributed by atoms with Crippen molar-refractivity contribution in [3.05, 3.63) is 41.7 Å². The van der Waals surface area contributed by atoms with Gasteiger partial charge in [0.15, 0.2) is 0 Å². The molecule has 0 saturated carbocycles. The number of hydrogen-bond donors (Lipinski definition) is 1. The molecule has 0 radical (unpaired) electrons. The highest BCUT2D eigenvalue weighted by molar-refractivity contribution is 5.37. The second-order valence-electron chi connectivity index (χ2n) is 4.52. The van der Waals surface area contributed by atoms with Crippen LogP contribution in [0.5, 0.6) is 0 Å². The Hall–Kier alpha value is -2.17. The van der Waals surface area contributed by atoms with E-state index >= 15 is 0 Å². The van der Waals surface area contributed by atoms with Gasteiger partial charge in [-0.2, -0.15) is 15.0 Å². The smallest absolute Gasteiger partial charge is 0.230 e. The van der Waals surface area contributed by atoms with Gasteiger partial charge in [-0.05, 0) is 26.3 Å². The molecule has 0 aliphatic rings. The van der Waals surface area contributed by atoms with Crippen molar-refractivity contribution in [2.24, 2.45) is 0 Å². The summed E-state index contributed by atoms with van der Waals surface area (Å²) in [5.74, 6) is 2.10. The molecule has 1 aromatic carbocycles. The van der Waals surface area contributed by atoms with E-state index < -0.39 is 0 Å². The lowest BCUT2D eigenvalue weighted by Crippen LogP contribution is -2.25. The van der Waals surface area contributed by atoms with E-state index in [-0.39, 0.29) is 0 Å². The average Bonchev–Trinajstić information content (AvgIpc) is 2.47. The summed E-state index contributed by atoms with van der Waals surface area (Å²) in [6.45, 7) is 8.57. The topological polar surface area (TPSA) is 53.9 Å². The Kier molecular flexibility index (Phi) is 4.87. The molecule has 0 spiro atoms. The van der Waals surface area contributed by atoms with E-state index in [9.17, 15) is 0 Å². The van der Waals surface area contributed by atoms with Crippen molar-refractivity contribution in [1.82, 2.24) is 15.0 Å². The molecule has 0 saturated heterocycles. The third-order valence-electron chi connectivity index (χ3n) is 3.08. The van der Waals surface area contributed by atoms with Crippen LogP contribution in [0.2, 0.25) is 0 Å². The van der Waals surface area contributed by atoms with Crippen LogP contribution < -0.4 is 10.2 Å². The Morgan fingerprint density at radius 1 is 1.00 bits per heavy atom. The quantitative estimate of drug-likeness (QED) is 0.875. The molecule has 5 heteroatoms. The molecule has 2 aromatic rings. The molecule has 2 rings (SSSR count). The Morgan fingerprint density at radius 2 is 1.70 bits per heavy atom. The molecule has 0 bridgehead atoms. The summed E-state index contributed by atoms with van der Waals surface area (Å²) in [6.07, 6.45) is 0. The molecule has 0 atom stereocenters. The lowest BCUT2D eigenvalue weighted by atomic mass is 10.2. The number of aryl methyl sites for hydroxylation is 1. The molecular formula is C15H21N5. The van der Waals surface area contributed by atoms with Gasteiger partial charge < -0.3 is 10.2 Å². The predicted octanol–water partition coefficient (Wildman–Crippen LogP) is 2.64. The van der Waals surface area contributed by atoms with E-state index in [1.165, 1.54) is 5.56 Å². The van der Waals surface area contributed by atoms with Crippen LogP contribution in [0.4, 0.5) is 11.9 Å². The minimum atomic E-state index is 0.628. The normalized spacial score (nSPS) is 10.3. The van der Waals surface area contributed by atoms with Crippen molar-refractivity contribution in [1.29, 1.82) is 0 Å².